The van der Waals surface area contributed by atoms with Gasteiger partial charge < -0.3 is 20.2 Å². The van der Waals surface area contributed by atoms with Gasteiger partial charge in [0.1, 0.15) is 11.6 Å². The highest BCUT2D eigenvalue weighted by atomic mass is 19.4. The Bertz CT molecular complexity index is 1390. The zero-order valence-electron chi connectivity index (χ0n) is 21.2. The van der Waals surface area contributed by atoms with Crippen molar-refractivity contribution >= 4 is 29.2 Å². The molecule has 2 N–H and O–H groups in total. The second-order valence-electron chi connectivity index (χ2n) is 8.67. The van der Waals surface area contributed by atoms with E-state index in [-0.39, 0.29) is 5.82 Å². The summed E-state index contributed by atoms with van der Waals surface area (Å²) in [5, 5.41) is 19.4. The van der Waals surface area contributed by atoms with Crippen molar-refractivity contribution in [3.05, 3.63) is 65.0 Å². The normalized spacial score (nSPS) is 13.2. The van der Waals surface area contributed by atoms with Gasteiger partial charge in [-0.25, -0.2) is 14.8 Å². The fraction of sp³-hybridized carbons (Fsp3) is 0.320. The van der Waals surface area contributed by atoms with E-state index in [4.69, 9.17) is 15.2 Å². The van der Waals surface area contributed by atoms with Crippen LogP contribution in [0.1, 0.15) is 22.4 Å². The van der Waals surface area contributed by atoms with E-state index in [0.29, 0.717) is 43.3 Å². The lowest BCUT2D eigenvalue weighted by Crippen LogP contribution is -2.29. The molecular formula is C25H23F6N7O2. The third-order valence-electron chi connectivity index (χ3n) is 5.64. The van der Waals surface area contributed by atoms with Gasteiger partial charge in [-0.15, -0.1) is 0 Å². The second kappa shape index (κ2) is 12.1. The van der Waals surface area contributed by atoms with Crippen molar-refractivity contribution in [2.24, 2.45) is 0 Å². The van der Waals surface area contributed by atoms with E-state index in [0.717, 1.165) is 23.0 Å². The first-order valence-electron chi connectivity index (χ1n) is 11.6. The number of hydrogen-bond donors (Lipinski definition) is 2. The number of pyridine rings is 1. The number of nitriles is 1. The SMILES string of the molecule is CN(C)c1nc2c(c(Nc3ccc(C#N)cc3)n1)CCN(c1ncccc1C(F)(F)F)CC2.O=C(O)C(F)(F)F. The number of benzene rings is 1. The Morgan fingerprint density at radius 3 is 2.23 bits per heavy atom. The Kier molecular flexibility index (Phi) is 9.02. The number of halogens is 6. The molecule has 1 aliphatic rings. The van der Waals surface area contributed by atoms with Crippen molar-refractivity contribution in [2.45, 2.75) is 25.2 Å². The maximum atomic E-state index is 13.5. The number of rotatable bonds is 4. The minimum Gasteiger partial charge on any atom is -0.475 e. The number of fused-ring (bicyclic) bond motifs is 1. The topological polar surface area (TPSA) is 118 Å². The van der Waals surface area contributed by atoms with Crippen LogP contribution in [-0.4, -0.2) is 59.4 Å². The molecule has 40 heavy (non-hydrogen) atoms. The van der Waals surface area contributed by atoms with E-state index in [1.54, 1.807) is 34.1 Å². The van der Waals surface area contributed by atoms with Crippen LogP contribution in [0.5, 0.6) is 0 Å². The van der Waals surface area contributed by atoms with Gasteiger partial charge in [0.15, 0.2) is 0 Å². The largest absolute Gasteiger partial charge is 0.490 e. The lowest BCUT2D eigenvalue weighted by molar-refractivity contribution is -0.192. The fourth-order valence-electron chi connectivity index (χ4n) is 3.74. The third-order valence-corrected chi connectivity index (χ3v) is 5.64. The lowest BCUT2D eigenvalue weighted by atomic mass is 10.1. The number of alkyl halides is 6. The summed E-state index contributed by atoms with van der Waals surface area (Å²) in [6.07, 6.45) is -7.28. The number of nitrogens with zero attached hydrogens (tertiary/aromatic N) is 6. The molecule has 15 heteroatoms. The summed E-state index contributed by atoms with van der Waals surface area (Å²) in [7, 11) is 3.67. The average molecular weight is 567 g/mol. The first kappa shape index (κ1) is 29.9. The Hall–Kier alpha value is -4.61. The molecule has 0 bridgehead atoms. The van der Waals surface area contributed by atoms with Crippen LogP contribution in [0.4, 0.5) is 49.6 Å². The van der Waals surface area contributed by atoms with Crippen LogP contribution in [0.15, 0.2) is 42.6 Å². The first-order valence-corrected chi connectivity index (χ1v) is 11.6. The molecule has 0 unspecified atom stereocenters. The number of carboxylic acids is 1. The second-order valence-corrected chi connectivity index (χ2v) is 8.67. The molecule has 1 aromatic carbocycles. The van der Waals surface area contributed by atoms with E-state index < -0.39 is 23.9 Å². The molecule has 3 heterocycles. The molecule has 0 radical (unpaired) electrons. The Balaban J connectivity index is 0.000000559. The molecule has 2 aromatic heterocycles. The van der Waals surface area contributed by atoms with E-state index >= 15 is 0 Å². The summed E-state index contributed by atoms with van der Waals surface area (Å²) in [5.74, 6) is -1.72. The van der Waals surface area contributed by atoms with Gasteiger partial charge in [-0.2, -0.15) is 36.6 Å². The van der Waals surface area contributed by atoms with Gasteiger partial charge in [-0.05, 0) is 42.8 Å². The monoisotopic (exact) mass is 567 g/mol. The summed E-state index contributed by atoms with van der Waals surface area (Å²) in [5.41, 5.74) is 2.20. The van der Waals surface area contributed by atoms with Crippen molar-refractivity contribution in [3.63, 3.8) is 0 Å². The molecule has 9 nitrogen and oxygen atoms in total. The predicted molar refractivity (Wildman–Crippen MR) is 133 cm³/mol. The standard InChI is InChI=1S/C23H22F3N7.C2HF3O2/c1-32(2)22-30-19-10-13-33(21-18(23(24,25)26)4-3-11-28-21)12-9-17(19)20(31-22)29-16-7-5-15(14-27)6-8-16;3-2(4,5)1(6)7/h3-8,11H,9-10,12-13H2,1-2H3,(H,29,30,31);(H,6,7). The number of anilines is 4. The number of nitrogens with one attached hydrogen (secondary N) is 1. The van der Waals surface area contributed by atoms with E-state index in [2.05, 4.69) is 26.3 Å². The van der Waals surface area contributed by atoms with Crippen molar-refractivity contribution in [1.29, 1.82) is 5.26 Å². The number of hydrogen-bond acceptors (Lipinski definition) is 8. The summed E-state index contributed by atoms with van der Waals surface area (Å²) < 4.78 is 72.4. The summed E-state index contributed by atoms with van der Waals surface area (Å²) in [6, 6.07) is 11.4. The minimum absolute atomic E-state index is 0.0693. The van der Waals surface area contributed by atoms with Crippen LogP contribution in [0, 0.1) is 11.3 Å². The highest BCUT2D eigenvalue weighted by molar-refractivity contribution is 5.73. The summed E-state index contributed by atoms with van der Waals surface area (Å²) >= 11 is 0. The average Bonchev–Trinajstić information content (AvgIpc) is 3.11. The molecular weight excluding hydrogens is 544 g/mol. The number of aliphatic carboxylic acids is 1. The Labute approximate surface area is 224 Å². The van der Waals surface area contributed by atoms with Gasteiger partial charge >= 0.3 is 18.3 Å². The van der Waals surface area contributed by atoms with Gasteiger partial charge in [0, 0.05) is 51.1 Å². The summed E-state index contributed by atoms with van der Waals surface area (Å²) in [6.45, 7) is 0.701. The first-order chi connectivity index (χ1) is 18.7. The maximum absolute atomic E-state index is 13.5. The highest BCUT2D eigenvalue weighted by Gasteiger charge is 2.38. The van der Waals surface area contributed by atoms with Gasteiger partial charge in [0.25, 0.3) is 0 Å². The summed E-state index contributed by atoms with van der Waals surface area (Å²) in [4.78, 5) is 25.7. The lowest BCUT2D eigenvalue weighted by Gasteiger charge is -2.24. The maximum Gasteiger partial charge on any atom is 0.490 e. The minimum atomic E-state index is -5.08. The van der Waals surface area contributed by atoms with Crippen LogP contribution >= 0.6 is 0 Å². The Morgan fingerprint density at radius 2 is 1.68 bits per heavy atom. The van der Waals surface area contributed by atoms with Gasteiger partial charge in [0.2, 0.25) is 5.95 Å². The smallest absolute Gasteiger partial charge is 0.475 e. The number of carboxylic acid groups (broad SMARTS) is 1. The quantitative estimate of drug-likeness (QED) is 0.428. The van der Waals surface area contributed by atoms with Crippen molar-refractivity contribution in [3.8, 4) is 6.07 Å². The number of aromatic nitrogens is 3. The molecule has 1 aliphatic heterocycles. The zero-order chi connectivity index (χ0) is 29.7. The zero-order valence-corrected chi connectivity index (χ0v) is 21.2. The fourth-order valence-corrected chi connectivity index (χ4v) is 3.74. The van der Waals surface area contributed by atoms with E-state index in [1.807, 2.05) is 14.1 Å². The van der Waals surface area contributed by atoms with Crippen molar-refractivity contribution in [1.82, 2.24) is 15.0 Å². The van der Waals surface area contributed by atoms with Gasteiger partial charge in [0.05, 0.1) is 22.9 Å². The molecule has 0 fully saturated rings. The molecule has 0 spiro atoms. The van der Waals surface area contributed by atoms with Crippen LogP contribution in [0.2, 0.25) is 0 Å². The van der Waals surface area contributed by atoms with Crippen LogP contribution < -0.4 is 15.1 Å². The third kappa shape index (κ3) is 7.49. The van der Waals surface area contributed by atoms with Crippen LogP contribution in [0.25, 0.3) is 0 Å². The highest BCUT2D eigenvalue weighted by Crippen LogP contribution is 2.36. The molecule has 3 aromatic rings. The van der Waals surface area contributed by atoms with Crippen molar-refractivity contribution < 1.29 is 36.2 Å². The molecule has 4 rings (SSSR count). The van der Waals surface area contributed by atoms with Gasteiger partial charge in [-0.1, -0.05) is 0 Å². The Morgan fingerprint density at radius 1 is 1.05 bits per heavy atom. The number of carbonyl (C=O) groups is 1. The van der Waals surface area contributed by atoms with E-state index in [9.17, 15) is 26.3 Å². The van der Waals surface area contributed by atoms with Crippen molar-refractivity contribution in [2.75, 3.05) is 42.3 Å². The molecule has 0 aliphatic carbocycles. The molecule has 0 atom stereocenters. The van der Waals surface area contributed by atoms with E-state index in [1.165, 1.54) is 12.3 Å². The molecule has 0 saturated carbocycles. The van der Waals surface area contributed by atoms with Gasteiger partial charge in [-0.3, -0.25) is 0 Å². The molecule has 0 amide bonds. The molecule has 212 valence electrons. The van der Waals surface area contributed by atoms with Crippen LogP contribution in [0.3, 0.4) is 0 Å². The molecule has 0 saturated heterocycles. The van der Waals surface area contributed by atoms with Crippen LogP contribution in [-0.2, 0) is 23.8 Å². The predicted octanol–water partition coefficient (Wildman–Crippen LogP) is 4.81.